The molecule has 1 amide bonds. The van der Waals surface area contributed by atoms with Gasteiger partial charge in [-0.1, -0.05) is 33.1 Å². The first-order valence-electron chi connectivity index (χ1n) is 12.1. The topological polar surface area (TPSA) is 95.7 Å². The minimum Gasteiger partial charge on any atom is -0.481 e. The number of nitrogens with zero attached hydrogens (tertiary/aromatic N) is 2. The van der Waals surface area contributed by atoms with Gasteiger partial charge in [-0.2, -0.15) is 0 Å². The second kappa shape index (κ2) is 11.8. The largest absolute Gasteiger partial charge is 0.481 e. The third-order valence-corrected chi connectivity index (χ3v) is 6.36. The van der Waals surface area contributed by atoms with E-state index < -0.39 is 5.97 Å². The third-order valence-electron chi connectivity index (χ3n) is 6.36. The molecule has 0 saturated heterocycles. The molecular formula is C27H34FN3O4. The molecule has 0 aliphatic rings. The highest BCUT2D eigenvalue weighted by atomic mass is 19.1. The van der Waals surface area contributed by atoms with Crippen LogP contribution in [-0.2, 0) is 4.79 Å². The number of benzene rings is 1. The van der Waals surface area contributed by atoms with Gasteiger partial charge < -0.3 is 19.7 Å². The highest BCUT2D eigenvalue weighted by Crippen LogP contribution is 2.37. The van der Waals surface area contributed by atoms with Crippen molar-refractivity contribution in [1.82, 2.24) is 9.88 Å². The lowest BCUT2D eigenvalue weighted by atomic mass is 9.91. The number of nitrogens with one attached hydrogen (secondary N) is 1. The van der Waals surface area contributed by atoms with Gasteiger partial charge in [0, 0.05) is 24.5 Å². The minimum absolute atomic E-state index is 0.110. The van der Waals surface area contributed by atoms with Crippen molar-refractivity contribution in [3.8, 4) is 0 Å². The summed E-state index contributed by atoms with van der Waals surface area (Å²) in [6.45, 7) is 6.40. The standard InChI is InChI=1S/C27H34FN3O4/c1-5-6-7-8-17(2)25(26-18(3)21-15-19(28)9-12-23(21)35-26)30-20-10-11-22(29-16-20)27(34)31(4)14-13-24(32)33/h9-12,15-17,25,30H,5-8,13-14H2,1-4H3,(H,32,33). The number of aryl methyl sites for hydroxylation is 1. The second-order valence-electron chi connectivity index (χ2n) is 9.13. The van der Waals surface area contributed by atoms with E-state index in [1.807, 2.05) is 6.92 Å². The lowest BCUT2D eigenvalue weighted by molar-refractivity contribution is -0.137. The number of carboxylic acid groups (broad SMARTS) is 1. The van der Waals surface area contributed by atoms with E-state index in [0.29, 0.717) is 5.58 Å². The summed E-state index contributed by atoms with van der Waals surface area (Å²) in [6, 6.07) is 7.80. The number of furan rings is 1. The average molecular weight is 484 g/mol. The lowest BCUT2D eigenvalue weighted by Crippen LogP contribution is -2.29. The zero-order chi connectivity index (χ0) is 25.5. The number of carboxylic acids is 1. The summed E-state index contributed by atoms with van der Waals surface area (Å²) in [5.41, 5.74) is 2.52. The maximum atomic E-state index is 13.9. The SMILES string of the molecule is CCCCCC(C)C(Nc1ccc(C(=O)N(C)CCC(=O)O)nc1)c1oc2ccc(F)cc2c1C. The van der Waals surface area contributed by atoms with Gasteiger partial charge in [0.1, 0.15) is 22.9 Å². The number of anilines is 1. The summed E-state index contributed by atoms with van der Waals surface area (Å²) in [4.78, 5) is 29.0. The Morgan fingerprint density at radius 1 is 1.23 bits per heavy atom. The predicted molar refractivity (Wildman–Crippen MR) is 134 cm³/mol. The smallest absolute Gasteiger partial charge is 0.305 e. The molecule has 2 heterocycles. The normalized spacial score (nSPS) is 12.9. The van der Waals surface area contributed by atoms with Crippen LogP contribution in [0.15, 0.2) is 40.9 Å². The second-order valence-corrected chi connectivity index (χ2v) is 9.13. The van der Waals surface area contributed by atoms with Crippen LogP contribution < -0.4 is 5.32 Å². The molecule has 1 aromatic carbocycles. The summed E-state index contributed by atoms with van der Waals surface area (Å²) in [7, 11) is 1.56. The number of fused-ring (bicyclic) bond motifs is 1. The number of aliphatic carboxylic acids is 1. The maximum Gasteiger partial charge on any atom is 0.305 e. The van der Waals surface area contributed by atoms with Crippen LogP contribution in [0.3, 0.4) is 0 Å². The van der Waals surface area contributed by atoms with Crippen molar-refractivity contribution in [2.45, 2.75) is 58.9 Å². The number of pyridine rings is 1. The van der Waals surface area contributed by atoms with Gasteiger partial charge in [-0.15, -0.1) is 0 Å². The molecule has 2 atom stereocenters. The van der Waals surface area contributed by atoms with Crippen molar-refractivity contribution in [3.05, 3.63) is 59.4 Å². The summed E-state index contributed by atoms with van der Waals surface area (Å²) >= 11 is 0. The fourth-order valence-corrected chi connectivity index (χ4v) is 4.20. The van der Waals surface area contributed by atoms with Crippen LogP contribution in [0.1, 0.15) is 73.8 Å². The van der Waals surface area contributed by atoms with Gasteiger partial charge >= 0.3 is 5.97 Å². The molecule has 8 heteroatoms. The van der Waals surface area contributed by atoms with E-state index >= 15 is 0 Å². The Hall–Kier alpha value is -3.42. The molecule has 2 N–H and O–H groups in total. The molecule has 0 aliphatic carbocycles. The van der Waals surface area contributed by atoms with Crippen molar-refractivity contribution in [2.75, 3.05) is 18.9 Å². The van der Waals surface area contributed by atoms with E-state index in [9.17, 15) is 14.0 Å². The van der Waals surface area contributed by atoms with Gasteiger partial charge in [0.25, 0.3) is 5.91 Å². The molecule has 0 spiro atoms. The van der Waals surface area contributed by atoms with E-state index in [2.05, 4.69) is 24.1 Å². The van der Waals surface area contributed by atoms with Crippen molar-refractivity contribution >= 4 is 28.5 Å². The summed E-state index contributed by atoms with van der Waals surface area (Å²) in [6.07, 6.45) is 5.85. The van der Waals surface area contributed by atoms with Crippen molar-refractivity contribution in [1.29, 1.82) is 0 Å². The molecule has 0 radical (unpaired) electrons. The Labute approximate surface area is 205 Å². The Kier molecular flexibility index (Phi) is 8.84. The molecule has 7 nitrogen and oxygen atoms in total. The van der Waals surface area contributed by atoms with Crippen molar-refractivity contribution < 1.29 is 23.5 Å². The van der Waals surface area contributed by atoms with Gasteiger partial charge in [0.05, 0.1) is 24.3 Å². The van der Waals surface area contributed by atoms with Gasteiger partial charge in [0.2, 0.25) is 0 Å². The fourth-order valence-electron chi connectivity index (χ4n) is 4.20. The van der Waals surface area contributed by atoms with Crippen LogP contribution in [0.25, 0.3) is 11.0 Å². The molecule has 3 rings (SSSR count). The first-order chi connectivity index (χ1) is 16.7. The van der Waals surface area contributed by atoms with Crippen LogP contribution in [0.5, 0.6) is 0 Å². The molecule has 3 aromatic rings. The molecule has 0 fully saturated rings. The molecule has 2 unspecified atom stereocenters. The number of unbranched alkanes of at least 4 members (excludes halogenated alkanes) is 2. The number of halogens is 1. The number of rotatable bonds is 12. The van der Waals surface area contributed by atoms with Gasteiger partial charge in [0.15, 0.2) is 0 Å². The van der Waals surface area contributed by atoms with E-state index in [1.165, 1.54) is 17.0 Å². The van der Waals surface area contributed by atoms with Crippen molar-refractivity contribution in [2.24, 2.45) is 5.92 Å². The summed E-state index contributed by atoms with van der Waals surface area (Å²) in [5, 5.41) is 13.1. The Bertz CT molecular complexity index is 1160. The van der Waals surface area contributed by atoms with E-state index in [1.54, 1.807) is 31.4 Å². The number of carbonyl (C=O) groups excluding carboxylic acids is 1. The van der Waals surface area contributed by atoms with Crippen LogP contribution in [-0.4, -0.2) is 40.5 Å². The first-order valence-corrected chi connectivity index (χ1v) is 12.1. The number of hydrogen-bond acceptors (Lipinski definition) is 5. The number of amides is 1. The zero-order valence-corrected chi connectivity index (χ0v) is 20.8. The van der Waals surface area contributed by atoms with Crippen LogP contribution in [0.2, 0.25) is 0 Å². The van der Waals surface area contributed by atoms with Gasteiger partial charge in [-0.05, 0) is 49.6 Å². The Balaban J connectivity index is 1.83. The van der Waals surface area contributed by atoms with E-state index in [-0.39, 0.29) is 42.3 Å². The minimum atomic E-state index is -0.958. The first kappa shape index (κ1) is 26.2. The molecule has 35 heavy (non-hydrogen) atoms. The van der Waals surface area contributed by atoms with E-state index in [0.717, 1.165) is 48.1 Å². The molecular weight excluding hydrogens is 449 g/mol. The number of carbonyl (C=O) groups is 2. The molecule has 0 saturated carbocycles. The number of hydrogen-bond donors (Lipinski definition) is 2. The van der Waals surface area contributed by atoms with Crippen molar-refractivity contribution in [3.63, 3.8) is 0 Å². The average Bonchev–Trinajstić information content (AvgIpc) is 3.16. The van der Waals surface area contributed by atoms with Crippen LogP contribution >= 0.6 is 0 Å². The highest BCUT2D eigenvalue weighted by molar-refractivity contribution is 5.92. The van der Waals surface area contributed by atoms with Crippen LogP contribution in [0, 0.1) is 18.7 Å². The predicted octanol–water partition coefficient (Wildman–Crippen LogP) is 6.19. The lowest BCUT2D eigenvalue weighted by Gasteiger charge is -2.25. The van der Waals surface area contributed by atoms with Crippen LogP contribution in [0.4, 0.5) is 10.1 Å². The summed E-state index contributed by atoms with van der Waals surface area (Å²) < 4.78 is 20.1. The fraction of sp³-hybridized carbons (Fsp3) is 0.444. The molecule has 2 aromatic heterocycles. The van der Waals surface area contributed by atoms with Gasteiger partial charge in [-0.25, -0.2) is 9.37 Å². The maximum absolute atomic E-state index is 13.9. The Morgan fingerprint density at radius 3 is 2.66 bits per heavy atom. The molecule has 188 valence electrons. The third kappa shape index (κ3) is 6.59. The van der Waals surface area contributed by atoms with Gasteiger partial charge in [-0.3, -0.25) is 9.59 Å². The summed E-state index contributed by atoms with van der Waals surface area (Å²) in [5.74, 6) is -0.596. The molecule has 0 aliphatic heterocycles. The highest BCUT2D eigenvalue weighted by Gasteiger charge is 2.26. The Morgan fingerprint density at radius 2 is 2.00 bits per heavy atom. The molecule has 0 bridgehead atoms. The monoisotopic (exact) mass is 483 g/mol. The number of aromatic nitrogens is 1. The quantitative estimate of drug-likeness (QED) is 0.298. The zero-order valence-electron chi connectivity index (χ0n) is 20.8. The van der Waals surface area contributed by atoms with E-state index in [4.69, 9.17) is 9.52 Å².